The van der Waals surface area contributed by atoms with Gasteiger partial charge in [-0.2, -0.15) is 5.10 Å². The van der Waals surface area contributed by atoms with Gasteiger partial charge in [-0.05, 0) is 12.0 Å². The van der Waals surface area contributed by atoms with Crippen molar-refractivity contribution in [1.82, 2.24) is 15.1 Å². The Kier molecular flexibility index (Phi) is 1.89. The minimum absolute atomic E-state index is 0.541. The molecule has 0 saturated carbocycles. The molecule has 0 aromatic carbocycles. The number of rotatable bonds is 2. The first kappa shape index (κ1) is 7.80. The van der Waals surface area contributed by atoms with E-state index in [1.165, 1.54) is 5.69 Å². The van der Waals surface area contributed by atoms with Crippen LogP contribution in [0.25, 0.3) is 0 Å². The van der Waals surface area contributed by atoms with Crippen LogP contribution in [-0.4, -0.2) is 22.9 Å². The van der Waals surface area contributed by atoms with Crippen molar-refractivity contribution in [3.8, 4) is 0 Å². The fourth-order valence-corrected chi connectivity index (χ4v) is 1.32. The Bertz CT molecular complexity index is 260. The van der Waals surface area contributed by atoms with E-state index in [2.05, 4.69) is 41.2 Å². The van der Waals surface area contributed by atoms with E-state index < -0.39 is 0 Å². The van der Waals surface area contributed by atoms with Gasteiger partial charge < -0.3 is 5.32 Å². The van der Waals surface area contributed by atoms with E-state index in [0.717, 1.165) is 13.1 Å². The van der Waals surface area contributed by atoms with Gasteiger partial charge in [-0.1, -0.05) is 13.8 Å². The zero-order valence-corrected chi connectivity index (χ0v) is 7.62. The molecule has 1 saturated heterocycles. The van der Waals surface area contributed by atoms with Gasteiger partial charge in [0.25, 0.3) is 0 Å². The Morgan fingerprint density at radius 1 is 1.58 bits per heavy atom. The fraction of sp³-hybridized carbons (Fsp3) is 0.667. The maximum absolute atomic E-state index is 4.51. The van der Waals surface area contributed by atoms with Crippen LogP contribution in [0.1, 0.15) is 31.5 Å². The van der Waals surface area contributed by atoms with Crippen LogP contribution in [0.3, 0.4) is 0 Å². The van der Waals surface area contributed by atoms with E-state index in [4.69, 9.17) is 0 Å². The van der Waals surface area contributed by atoms with E-state index in [1.54, 1.807) is 0 Å². The van der Waals surface area contributed by atoms with Crippen LogP contribution in [-0.2, 0) is 0 Å². The standard InChI is InChI=1S/C9H15N3/c1-7(2)9-3-4-12(11-9)8-5-10-6-8/h3-4,7-8,10H,5-6H2,1-2H3. The van der Waals surface area contributed by atoms with Crippen molar-refractivity contribution in [2.45, 2.75) is 25.8 Å². The van der Waals surface area contributed by atoms with Crippen LogP contribution in [0, 0.1) is 0 Å². The summed E-state index contributed by atoms with van der Waals surface area (Å²) in [4.78, 5) is 0. The third kappa shape index (κ3) is 1.25. The Morgan fingerprint density at radius 2 is 2.33 bits per heavy atom. The van der Waals surface area contributed by atoms with E-state index >= 15 is 0 Å². The second kappa shape index (κ2) is 2.90. The summed E-state index contributed by atoms with van der Waals surface area (Å²) in [6, 6.07) is 2.71. The summed E-state index contributed by atoms with van der Waals surface area (Å²) in [5.74, 6) is 0.541. The maximum atomic E-state index is 4.51. The first-order valence-corrected chi connectivity index (χ1v) is 4.53. The molecule has 12 heavy (non-hydrogen) atoms. The Balaban J connectivity index is 2.12. The van der Waals surface area contributed by atoms with Crippen molar-refractivity contribution in [2.24, 2.45) is 0 Å². The number of hydrogen-bond donors (Lipinski definition) is 1. The van der Waals surface area contributed by atoms with Gasteiger partial charge in [0.15, 0.2) is 0 Å². The van der Waals surface area contributed by atoms with Crippen LogP contribution in [0.4, 0.5) is 0 Å². The lowest BCUT2D eigenvalue weighted by Gasteiger charge is -2.27. The molecule has 3 heteroatoms. The van der Waals surface area contributed by atoms with Crippen LogP contribution in [0.2, 0.25) is 0 Å². The zero-order valence-electron chi connectivity index (χ0n) is 7.62. The average molecular weight is 165 g/mol. The molecule has 2 rings (SSSR count). The van der Waals surface area contributed by atoms with Gasteiger partial charge in [0.1, 0.15) is 0 Å². The van der Waals surface area contributed by atoms with Crippen LogP contribution < -0.4 is 5.32 Å². The second-order valence-corrected chi connectivity index (χ2v) is 3.69. The molecule has 1 N–H and O–H groups in total. The number of aromatic nitrogens is 2. The Hall–Kier alpha value is -0.830. The van der Waals surface area contributed by atoms with Gasteiger partial charge in [-0.25, -0.2) is 0 Å². The maximum Gasteiger partial charge on any atom is 0.0767 e. The van der Waals surface area contributed by atoms with Crippen LogP contribution in [0.5, 0.6) is 0 Å². The third-order valence-corrected chi connectivity index (χ3v) is 2.35. The normalized spacial score (nSPS) is 18.2. The van der Waals surface area contributed by atoms with Crippen molar-refractivity contribution in [1.29, 1.82) is 0 Å². The molecule has 0 radical (unpaired) electrons. The van der Waals surface area contributed by atoms with Crippen molar-refractivity contribution in [3.05, 3.63) is 18.0 Å². The summed E-state index contributed by atoms with van der Waals surface area (Å²) in [5, 5.41) is 7.75. The van der Waals surface area contributed by atoms with Gasteiger partial charge in [0, 0.05) is 19.3 Å². The highest BCUT2D eigenvalue weighted by molar-refractivity contribution is 5.05. The molecule has 0 aliphatic carbocycles. The van der Waals surface area contributed by atoms with Gasteiger partial charge in [-0.3, -0.25) is 4.68 Å². The van der Waals surface area contributed by atoms with Crippen molar-refractivity contribution in [3.63, 3.8) is 0 Å². The molecule has 0 amide bonds. The lowest BCUT2D eigenvalue weighted by Crippen LogP contribution is -2.43. The number of nitrogens with one attached hydrogen (secondary N) is 1. The van der Waals surface area contributed by atoms with E-state index in [0.29, 0.717) is 12.0 Å². The lowest BCUT2D eigenvalue weighted by molar-refractivity contribution is 0.316. The second-order valence-electron chi connectivity index (χ2n) is 3.69. The molecular weight excluding hydrogens is 150 g/mol. The van der Waals surface area contributed by atoms with Crippen molar-refractivity contribution in [2.75, 3.05) is 13.1 Å². The Morgan fingerprint density at radius 3 is 2.75 bits per heavy atom. The molecular formula is C9H15N3. The molecule has 1 fully saturated rings. The largest absolute Gasteiger partial charge is 0.312 e. The summed E-state index contributed by atoms with van der Waals surface area (Å²) in [7, 11) is 0. The first-order valence-electron chi connectivity index (χ1n) is 4.53. The van der Waals surface area contributed by atoms with Gasteiger partial charge in [-0.15, -0.1) is 0 Å². The van der Waals surface area contributed by atoms with Crippen LogP contribution >= 0.6 is 0 Å². The quantitative estimate of drug-likeness (QED) is 0.712. The monoisotopic (exact) mass is 165 g/mol. The predicted octanol–water partition coefficient (Wildman–Crippen LogP) is 1.15. The minimum Gasteiger partial charge on any atom is -0.312 e. The van der Waals surface area contributed by atoms with Crippen molar-refractivity contribution >= 4 is 0 Å². The number of nitrogens with zero attached hydrogens (tertiary/aromatic N) is 2. The van der Waals surface area contributed by atoms with Gasteiger partial charge in [0.2, 0.25) is 0 Å². The lowest BCUT2D eigenvalue weighted by atomic mass is 10.1. The highest BCUT2D eigenvalue weighted by Crippen LogP contribution is 2.15. The summed E-state index contributed by atoms with van der Waals surface area (Å²) >= 11 is 0. The molecule has 1 aliphatic heterocycles. The number of hydrogen-bond acceptors (Lipinski definition) is 2. The molecule has 66 valence electrons. The smallest absolute Gasteiger partial charge is 0.0767 e. The van der Waals surface area contributed by atoms with Gasteiger partial charge >= 0.3 is 0 Å². The fourth-order valence-electron chi connectivity index (χ4n) is 1.32. The molecule has 0 bridgehead atoms. The summed E-state index contributed by atoms with van der Waals surface area (Å²) < 4.78 is 2.08. The molecule has 2 heterocycles. The zero-order chi connectivity index (χ0) is 8.55. The Labute approximate surface area is 72.8 Å². The van der Waals surface area contributed by atoms with Crippen molar-refractivity contribution < 1.29 is 0 Å². The first-order chi connectivity index (χ1) is 5.77. The van der Waals surface area contributed by atoms with E-state index in [-0.39, 0.29) is 0 Å². The summed E-state index contributed by atoms with van der Waals surface area (Å²) in [6.45, 7) is 6.48. The van der Waals surface area contributed by atoms with E-state index in [9.17, 15) is 0 Å². The van der Waals surface area contributed by atoms with Gasteiger partial charge in [0.05, 0.1) is 11.7 Å². The summed E-state index contributed by atoms with van der Waals surface area (Å²) in [5.41, 5.74) is 1.20. The molecule has 0 unspecified atom stereocenters. The molecule has 1 aromatic rings. The molecule has 1 aliphatic rings. The average Bonchev–Trinajstić information content (AvgIpc) is 2.32. The summed E-state index contributed by atoms with van der Waals surface area (Å²) in [6.07, 6.45) is 2.08. The molecule has 1 aromatic heterocycles. The molecule has 0 spiro atoms. The molecule has 3 nitrogen and oxygen atoms in total. The third-order valence-electron chi connectivity index (χ3n) is 2.35. The van der Waals surface area contributed by atoms with Crippen LogP contribution in [0.15, 0.2) is 12.3 Å². The minimum atomic E-state index is 0.541. The van der Waals surface area contributed by atoms with E-state index in [1.807, 2.05) is 0 Å². The predicted molar refractivity (Wildman–Crippen MR) is 48.2 cm³/mol. The topological polar surface area (TPSA) is 29.9 Å². The highest BCUT2D eigenvalue weighted by Gasteiger charge is 2.19. The molecule has 0 atom stereocenters. The SMILES string of the molecule is CC(C)c1ccn(C2CNC2)n1. The highest BCUT2D eigenvalue weighted by atomic mass is 15.3.